The predicted octanol–water partition coefficient (Wildman–Crippen LogP) is 0.494. The lowest BCUT2D eigenvalue weighted by Crippen LogP contribution is -2.39. The lowest BCUT2D eigenvalue weighted by atomic mass is 10.2. The number of nitrogens with one attached hydrogen (secondary N) is 2. The van der Waals surface area contributed by atoms with E-state index in [-0.39, 0.29) is 25.6 Å². The van der Waals surface area contributed by atoms with Crippen LogP contribution in [-0.2, 0) is 14.3 Å². The fourth-order valence-corrected chi connectivity index (χ4v) is 1.58. The van der Waals surface area contributed by atoms with Gasteiger partial charge in [0.2, 0.25) is 5.91 Å². The van der Waals surface area contributed by atoms with E-state index < -0.39 is 11.9 Å². The number of benzene rings is 1. The van der Waals surface area contributed by atoms with Gasteiger partial charge in [0.25, 0.3) is 5.91 Å². The maximum Gasteiger partial charge on any atom is 0.325 e. The summed E-state index contributed by atoms with van der Waals surface area (Å²) in [6, 6.07) is 6.58. The van der Waals surface area contributed by atoms with Crippen molar-refractivity contribution in [3.63, 3.8) is 0 Å². The summed E-state index contributed by atoms with van der Waals surface area (Å²) in [4.78, 5) is 34.4. The van der Waals surface area contributed by atoms with Crippen LogP contribution in [0.25, 0.3) is 0 Å². The van der Waals surface area contributed by atoms with Gasteiger partial charge in [0, 0.05) is 5.56 Å². The lowest BCUT2D eigenvalue weighted by molar-refractivity contribution is -0.143. The van der Waals surface area contributed by atoms with E-state index in [1.165, 1.54) is 0 Å². The van der Waals surface area contributed by atoms with Gasteiger partial charge in [0.1, 0.15) is 12.3 Å². The molecule has 0 heterocycles. The number of ether oxygens (including phenoxy) is 2. The Morgan fingerprint density at radius 1 is 0.955 bits per heavy atom. The van der Waals surface area contributed by atoms with Crippen LogP contribution in [0.2, 0.25) is 0 Å². The van der Waals surface area contributed by atoms with E-state index in [1.807, 2.05) is 6.92 Å². The molecule has 0 saturated heterocycles. The monoisotopic (exact) mass is 308 g/mol. The van der Waals surface area contributed by atoms with Gasteiger partial charge in [-0.1, -0.05) is 0 Å². The highest BCUT2D eigenvalue weighted by Gasteiger charge is 2.09. The fourth-order valence-electron chi connectivity index (χ4n) is 1.58. The molecular weight excluding hydrogens is 288 g/mol. The minimum absolute atomic E-state index is 0.217. The van der Waals surface area contributed by atoms with E-state index in [0.29, 0.717) is 17.9 Å². The first-order chi connectivity index (χ1) is 10.6. The molecule has 0 aromatic heterocycles. The molecule has 0 saturated carbocycles. The zero-order valence-electron chi connectivity index (χ0n) is 12.7. The Balaban J connectivity index is 2.35. The van der Waals surface area contributed by atoms with Gasteiger partial charge >= 0.3 is 5.97 Å². The molecule has 0 radical (unpaired) electrons. The van der Waals surface area contributed by atoms with Gasteiger partial charge in [-0.15, -0.1) is 0 Å². The highest BCUT2D eigenvalue weighted by molar-refractivity contribution is 5.96. The van der Waals surface area contributed by atoms with Gasteiger partial charge in [-0.25, -0.2) is 0 Å². The molecular formula is C15H20N2O5. The van der Waals surface area contributed by atoms with Crippen LogP contribution in [0.4, 0.5) is 0 Å². The molecule has 0 unspecified atom stereocenters. The van der Waals surface area contributed by atoms with Gasteiger partial charge in [0.05, 0.1) is 19.8 Å². The van der Waals surface area contributed by atoms with Crippen LogP contribution in [0.1, 0.15) is 24.2 Å². The Hall–Kier alpha value is -2.57. The van der Waals surface area contributed by atoms with Crippen molar-refractivity contribution < 1.29 is 23.9 Å². The third-order valence-electron chi connectivity index (χ3n) is 2.57. The molecule has 0 spiro atoms. The van der Waals surface area contributed by atoms with E-state index in [9.17, 15) is 14.4 Å². The lowest BCUT2D eigenvalue weighted by Gasteiger charge is -2.07. The largest absolute Gasteiger partial charge is 0.494 e. The van der Waals surface area contributed by atoms with Crippen molar-refractivity contribution in [3.05, 3.63) is 29.8 Å². The molecule has 1 aromatic carbocycles. The Labute approximate surface area is 129 Å². The quantitative estimate of drug-likeness (QED) is 0.682. The summed E-state index contributed by atoms with van der Waals surface area (Å²) in [5.41, 5.74) is 0.418. The first-order valence-electron chi connectivity index (χ1n) is 7.00. The fraction of sp³-hybridized carbons (Fsp3) is 0.400. The van der Waals surface area contributed by atoms with Gasteiger partial charge in [0.15, 0.2) is 0 Å². The topological polar surface area (TPSA) is 93.7 Å². The van der Waals surface area contributed by atoms with Gasteiger partial charge in [-0.2, -0.15) is 0 Å². The standard InChI is InChI=1S/C15H20N2O5/c1-3-21-12-7-5-11(6-8-12)15(20)17-9-13(18)16-10-14(19)22-4-2/h5-8H,3-4,9-10H2,1-2H3,(H,16,18)(H,17,20). The molecule has 0 atom stereocenters. The van der Waals surface area contributed by atoms with Crippen molar-refractivity contribution >= 4 is 17.8 Å². The van der Waals surface area contributed by atoms with Gasteiger partial charge in [-0.3, -0.25) is 14.4 Å². The highest BCUT2D eigenvalue weighted by Crippen LogP contribution is 2.11. The summed E-state index contributed by atoms with van der Waals surface area (Å²) in [5, 5.41) is 4.81. The number of esters is 1. The molecule has 0 aliphatic heterocycles. The second-order valence-electron chi connectivity index (χ2n) is 4.22. The van der Waals surface area contributed by atoms with Crippen LogP contribution in [0.5, 0.6) is 5.75 Å². The second-order valence-corrected chi connectivity index (χ2v) is 4.22. The first-order valence-corrected chi connectivity index (χ1v) is 7.00. The summed E-state index contributed by atoms with van der Waals surface area (Å²) < 4.78 is 9.94. The van der Waals surface area contributed by atoms with E-state index in [1.54, 1.807) is 31.2 Å². The number of hydrogen-bond acceptors (Lipinski definition) is 5. The zero-order chi connectivity index (χ0) is 16.4. The Bertz CT molecular complexity index is 513. The summed E-state index contributed by atoms with van der Waals surface area (Å²) in [7, 11) is 0. The van der Waals surface area contributed by atoms with Crippen molar-refractivity contribution in [2.75, 3.05) is 26.3 Å². The maximum atomic E-state index is 11.8. The smallest absolute Gasteiger partial charge is 0.325 e. The maximum absolute atomic E-state index is 11.8. The van der Waals surface area contributed by atoms with Crippen molar-refractivity contribution in [2.45, 2.75) is 13.8 Å². The normalized spacial score (nSPS) is 9.73. The molecule has 2 N–H and O–H groups in total. The van der Waals surface area contributed by atoms with E-state index in [4.69, 9.17) is 4.74 Å². The third kappa shape index (κ3) is 6.25. The van der Waals surface area contributed by atoms with Crippen molar-refractivity contribution in [3.8, 4) is 5.75 Å². The molecule has 0 aliphatic carbocycles. The molecule has 1 rings (SSSR count). The SMILES string of the molecule is CCOC(=O)CNC(=O)CNC(=O)c1ccc(OCC)cc1. The van der Waals surface area contributed by atoms with Crippen LogP contribution in [0.3, 0.4) is 0 Å². The van der Waals surface area contributed by atoms with Crippen LogP contribution < -0.4 is 15.4 Å². The number of amides is 2. The third-order valence-corrected chi connectivity index (χ3v) is 2.57. The van der Waals surface area contributed by atoms with Crippen LogP contribution in [0.15, 0.2) is 24.3 Å². The molecule has 0 aliphatic rings. The first kappa shape index (κ1) is 17.5. The minimum atomic E-state index is -0.520. The summed E-state index contributed by atoms with van der Waals surface area (Å²) >= 11 is 0. The van der Waals surface area contributed by atoms with Gasteiger partial charge in [-0.05, 0) is 38.1 Å². The van der Waals surface area contributed by atoms with Gasteiger partial charge < -0.3 is 20.1 Å². The van der Waals surface area contributed by atoms with Crippen LogP contribution >= 0.6 is 0 Å². The van der Waals surface area contributed by atoms with Crippen LogP contribution in [-0.4, -0.2) is 44.1 Å². The average molecular weight is 308 g/mol. The molecule has 22 heavy (non-hydrogen) atoms. The van der Waals surface area contributed by atoms with E-state index in [0.717, 1.165) is 0 Å². The van der Waals surface area contributed by atoms with Crippen molar-refractivity contribution in [1.82, 2.24) is 10.6 Å². The average Bonchev–Trinajstić information content (AvgIpc) is 2.52. The zero-order valence-corrected chi connectivity index (χ0v) is 12.7. The number of hydrogen-bond donors (Lipinski definition) is 2. The highest BCUT2D eigenvalue weighted by atomic mass is 16.5. The Morgan fingerprint density at radius 2 is 1.64 bits per heavy atom. The van der Waals surface area contributed by atoms with Crippen molar-refractivity contribution in [1.29, 1.82) is 0 Å². The second kappa shape index (κ2) is 9.38. The minimum Gasteiger partial charge on any atom is -0.494 e. The predicted molar refractivity (Wildman–Crippen MR) is 79.6 cm³/mol. The summed E-state index contributed by atoms with van der Waals surface area (Å²) in [5.74, 6) is -0.693. The molecule has 0 fully saturated rings. The molecule has 120 valence electrons. The summed E-state index contributed by atoms with van der Waals surface area (Å²) in [6.07, 6.45) is 0. The van der Waals surface area contributed by atoms with E-state index in [2.05, 4.69) is 15.4 Å². The Kier molecular flexibility index (Phi) is 7.45. The molecule has 1 aromatic rings. The molecule has 7 nitrogen and oxygen atoms in total. The van der Waals surface area contributed by atoms with Crippen LogP contribution in [0, 0.1) is 0 Å². The Morgan fingerprint density at radius 3 is 2.23 bits per heavy atom. The summed E-state index contributed by atoms with van der Waals surface area (Å²) in [6.45, 7) is 3.92. The van der Waals surface area contributed by atoms with E-state index >= 15 is 0 Å². The number of rotatable bonds is 8. The molecule has 2 amide bonds. The number of carbonyl (C=O) groups is 3. The van der Waals surface area contributed by atoms with Crippen molar-refractivity contribution in [2.24, 2.45) is 0 Å². The number of carbonyl (C=O) groups excluding carboxylic acids is 3. The molecule has 7 heteroatoms. The molecule has 0 bridgehead atoms.